The number of carbonyl (C=O) groups excluding carboxylic acids is 2. The molecule has 1 aliphatic heterocycles. The molecule has 0 spiro atoms. The number of para-hydroxylation sites is 1. The van der Waals surface area contributed by atoms with E-state index in [4.69, 9.17) is 0 Å². The average Bonchev–Trinajstić information content (AvgIpc) is 2.90. The fraction of sp³-hybridized carbons (Fsp3) is 0.300. The van der Waals surface area contributed by atoms with E-state index in [1.54, 1.807) is 23.1 Å². The molecule has 0 atom stereocenters. The van der Waals surface area contributed by atoms with E-state index in [0.717, 1.165) is 19.5 Å². The summed E-state index contributed by atoms with van der Waals surface area (Å²) in [6.45, 7) is 2.80. The molecule has 0 bridgehead atoms. The van der Waals surface area contributed by atoms with E-state index in [1.165, 1.54) is 6.07 Å². The van der Waals surface area contributed by atoms with E-state index >= 15 is 0 Å². The molecule has 1 fully saturated rings. The first-order valence-corrected chi connectivity index (χ1v) is 8.89. The van der Waals surface area contributed by atoms with Crippen LogP contribution >= 0.6 is 0 Å². The maximum Gasteiger partial charge on any atom is 0.256 e. The SMILES string of the molecule is CN1CCCN(C(=O)c2ccccc2NC(=O)c2cc(F)c(F)c(F)c2)CC1. The van der Waals surface area contributed by atoms with E-state index in [-0.39, 0.29) is 22.7 Å². The van der Waals surface area contributed by atoms with Crippen molar-refractivity contribution in [1.29, 1.82) is 0 Å². The van der Waals surface area contributed by atoms with Crippen molar-refractivity contribution in [2.45, 2.75) is 6.42 Å². The topological polar surface area (TPSA) is 52.6 Å². The molecule has 0 saturated carbocycles. The van der Waals surface area contributed by atoms with Crippen molar-refractivity contribution in [3.8, 4) is 0 Å². The van der Waals surface area contributed by atoms with Crippen LogP contribution in [-0.2, 0) is 0 Å². The molecule has 148 valence electrons. The molecular formula is C20H20F3N3O2. The van der Waals surface area contributed by atoms with Gasteiger partial charge < -0.3 is 15.1 Å². The van der Waals surface area contributed by atoms with Crippen molar-refractivity contribution >= 4 is 17.5 Å². The summed E-state index contributed by atoms with van der Waals surface area (Å²) >= 11 is 0. The van der Waals surface area contributed by atoms with E-state index in [0.29, 0.717) is 25.2 Å². The molecule has 0 unspecified atom stereocenters. The van der Waals surface area contributed by atoms with Crippen LogP contribution in [-0.4, -0.2) is 54.8 Å². The van der Waals surface area contributed by atoms with Gasteiger partial charge in [-0.1, -0.05) is 12.1 Å². The van der Waals surface area contributed by atoms with Crippen LogP contribution in [0.25, 0.3) is 0 Å². The highest BCUT2D eigenvalue weighted by Gasteiger charge is 2.22. The van der Waals surface area contributed by atoms with Crippen molar-refractivity contribution in [2.75, 3.05) is 38.5 Å². The van der Waals surface area contributed by atoms with Gasteiger partial charge in [0.1, 0.15) is 0 Å². The lowest BCUT2D eigenvalue weighted by atomic mass is 10.1. The van der Waals surface area contributed by atoms with Gasteiger partial charge in [-0.2, -0.15) is 0 Å². The molecular weight excluding hydrogens is 371 g/mol. The Morgan fingerprint density at radius 3 is 2.36 bits per heavy atom. The van der Waals surface area contributed by atoms with Crippen LogP contribution in [0.4, 0.5) is 18.9 Å². The van der Waals surface area contributed by atoms with Crippen LogP contribution in [0.15, 0.2) is 36.4 Å². The van der Waals surface area contributed by atoms with Crippen LogP contribution < -0.4 is 5.32 Å². The van der Waals surface area contributed by atoms with Gasteiger partial charge in [-0.25, -0.2) is 13.2 Å². The lowest BCUT2D eigenvalue weighted by Crippen LogP contribution is -2.35. The number of amides is 2. The molecule has 0 aliphatic carbocycles. The summed E-state index contributed by atoms with van der Waals surface area (Å²) in [6, 6.07) is 7.65. The molecule has 1 heterocycles. The Balaban J connectivity index is 1.82. The molecule has 1 N–H and O–H groups in total. The third kappa shape index (κ3) is 4.33. The van der Waals surface area contributed by atoms with Crippen molar-refractivity contribution in [1.82, 2.24) is 9.80 Å². The largest absolute Gasteiger partial charge is 0.337 e. The van der Waals surface area contributed by atoms with Crippen LogP contribution in [0.2, 0.25) is 0 Å². The Morgan fingerprint density at radius 2 is 1.64 bits per heavy atom. The highest BCUT2D eigenvalue weighted by atomic mass is 19.2. The predicted molar refractivity (Wildman–Crippen MR) is 98.7 cm³/mol. The third-order valence-electron chi connectivity index (χ3n) is 4.66. The first-order valence-electron chi connectivity index (χ1n) is 8.89. The second-order valence-corrected chi connectivity index (χ2v) is 6.70. The van der Waals surface area contributed by atoms with Gasteiger partial charge in [0.25, 0.3) is 11.8 Å². The molecule has 1 saturated heterocycles. The van der Waals surface area contributed by atoms with Gasteiger partial charge in [0, 0.05) is 25.2 Å². The number of nitrogens with one attached hydrogen (secondary N) is 1. The van der Waals surface area contributed by atoms with Crippen LogP contribution in [0.3, 0.4) is 0 Å². The minimum Gasteiger partial charge on any atom is -0.337 e. The molecule has 0 aromatic heterocycles. The molecule has 2 aromatic carbocycles. The van der Waals surface area contributed by atoms with Gasteiger partial charge in [-0.3, -0.25) is 9.59 Å². The number of hydrogen-bond acceptors (Lipinski definition) is 3. The minimum absolute atomic E-state index is 0.222. The first-order chi connectivity index (χ1) is 13.4. The zero-order valence-corrected chi connectivity index (χ0v) is 15.3. The maximum atomic E-state index is 13.4. The van der Waals surface area contributed by atoms with E-state index < -0.39 is 23.4 Å². The second-order valence-electron chi connectivity index (χ2n) is 6.70. The highest BCUT2D eigenvalue weighted by Crippen LogP contribution is 2.20. The number of rotatable bonds is 3. The van der Waals surface area contributed by atoms with Crippen LogP contribution in [0, 0.1) is 17.5 Å². The Kier molecular flexibility index (Phi) is 5.99. The fourth-order valence-electron chi connectivity index (χ4n) is 3.08. The van der Waals surface area contributed by atoms with E-state index in [1.807, 2.05) is 7.05 Å². The Hall–Kier alpha value is -2.87. The van der Waals surface area contributed by atoms with Crippen molar-refractivity contribution < 1.29 is 22.8 Å². The third-order valence-corrected chi connectivity index (χ3v) is 4.66. The second kappa shape index (κ2) is 8.43. The minimum atomic E-state index is -1.64. The quantitative estimate of drug-likeness (QED) is 0.818. The van der Waals surface area contributed by atoms with Crippen LogP contribution in [0.1, 0.15) is 27.1 Å². The zero-order chi connectivity index (χ0) is 20.3. The number of carbonyl (C=O) groups is 2. The summed E-state index contributed by atoms with van der Waals surface area (Å²) in [6.07, 6.45) is 0.838. The van der Waals surface area contributed by atoms with Gasteiger partial charge in [-0.05, 0) is 44.3 Å². The van der Waals surface area contributed by atoms with Crippen molar-refractivity contribution in [3.05, 3.63) is 65.0 Å². The number of likely N-dealkylation sites (N-methyl/N-ethyl adjacent to an activating group) is 1. The Bertz CT molecular complexity index is 881. The standard InChI is InChI=1S/C20H20F3N3O2/c1-25-7-4-8-26(10-9-25)20(28)14-5-2-3-6-17(14)24-19(27)13-11-15(21)18(23)16(22)12-13/h2-3,5-6,11-12H,4,7-10H2,1H3,(H,24,27). The smallest absolute Gasteiger partial charge is 0.256 e. The lowest BCUT2D eigenvalue weighted by Gasteiger charge is -2.22. The fourth-order valence-corrected chi connectivity index (χ4v) is 3.08. The van der Waals surface area contributed by atoms with Gasteiger partial charge >= 0.3 is 0 Å². The molecule has 2 aromatic rings. The Labute approximate surface area is 160 Å². The summed E-state index contributed by atoms with van der Waals surface area (Å²) < 4.78 is 39.9. The summed E-state index contributed by atoms with van der Waals surface area (Å²) in [7, 11) is 1.99. The monoisotopic (exact) mass is 391 g/mol. The van der Waals surface area contributed by atoms with Gasteiger partial charge in [-0.15, -0.1) is 0 Å². The number of nitrogens with zero attached hydrogens (tertiary/aromatic N) is 2. The molecule has 0 radical (unpaired) electrons. The van der Waals surface area contributed by atoms with Gasteiger partial charge in [0.05, 0.1) is 11.3 Å². The molecule has 2 amide bonds. The number of hydrogen-bond donors (Lipinski definition) is 1. The summed E-state index contributed by atoms with van der Waals surface area (Å²) in [4.78, 5) is 29.2. The normalized spacial score (nSPS) is 15.2. The summed E-state index contributed by atoms with van der Waals surface area (Å²) in [5.74, 6) is -5.62. The van der Waals surface area contributed by atoms with Gasteiger partial charge in [0.15, 0.2) is 17.5 Å². The first kappa shape index (κ1) is 19.9. The number of halogens is 3. The van der Waals surface area contributed by atoms with Gasteiger partial charge in [0.2, 0.25) is 0 Å². The molecule has 1 aliphatic rings. The van der Waals surface area contributed by atoms with Crippen molar-refractivity contribution in [3.63, 3.8) is 0 Å². The highest BCUT2D eigenvalue weighted by molar-refractivity contribution is 6.09. The number of anilines is 1. The molecule has 8 heteroatoms. The molecule has 3 rings (SSSR count). The zero-order valence-electron chi connectivity index (χ0n) is 15.3. The van der Waals surface area contributed by atoms with E-state index in [9.17, 15) is 22.8 Å². The Morgan fingerprint density at radius 1 is 0.964 bits per heavy atom. The lowest BCUT2D eigenvalue weighted by molar-refractivity contribution is 0.0764. The maximum absolute atomic E-state index is 13.4. The summed E-state index contributed by atoms with van der Waals surface area (Å²) in [5.41, 5.74) is 0.124. The summed E-state index contributed by atoms with van der Waals surface area (Å²) in [5, 5.41) is 2.49. The molecule has 28 heavy (non-hydrogen) atoms. The van der Waals surface area contributed by atoms with Crippen molar-refractivity contribution in [2.24, 2.45) is 0 Å². The number of benzene rings is 2. The average molecular weight is 391 g/mol. The molecule has 5 nitrogen and oxygen atoms in total. The van der Waals surface area contributed by atoms with E-state index in [2.05, 4.69) is 10.2 Å². The predicted octanol–water partition coefficient (Wildman–Crippen LogP) is 3.13. The van der Waals surface area contributed by atoms with Crippen LogP contribution in [0.5, 0.6) is 0 Å².